The first-order valence-corrected chi connectivity index (χ1v) is 8.86. The first-order valence-electron chi connectivity index (χ1n) is 7.64. The summed E-state index contributed by atoms with van der Waals surface area (Å²) in [4.78, 5) is 12.0. The van der Waals surface area contributed by atoms with E-state index in [0.717, 1.165) is 10.5 Å². The molecular formula is C19H34OS. The van der Waals surface area contributed by atoms with Crippen LogP contribution < -0.4 is 0 Å². The van der Waals surface area contributed by atoms with Gasteiger partial charge in [-0.3, -0.25) is 4.79 Å². The maximum absolute atomic E-state index is 10.9. The third-order valence-electron chi connectivity index (χ3n) is 3.73. The Hall–Kier alpha value is -0.760. The Labute approximate surface area is 136 Å². The largest absolute Gasteiger partial charge is 0.295 e. The van der Waals surface area contributed by atoms with Gasteiger partial charge in [0.05, 0.1) is 0 Å². The molecule has 0 saturated heterocycles. The zero-order chi connectivity index (χ0) is 17.3. The quantitative estimate of drug-likeness (QED) is 0.445. The Morgan fingerprint density at radius 1 is 0.952 bits per heavy atom. The Balaban J connectivity index is 0. The van der Waals surface area contributed by atoms with E-state index < -0.39 is 0 Å². The number of benzene rings is 1. The molecule has 2 heteroatoms. The van der Waals surface area contributed by atoms with E-state index in [1.807, 2.05) is 44.4 Å². The van der Waals surface area contributed by atoms with Gasteiger partial charge in [0.2, 0.25) is 0 Å². The molecule has 0 radical (unpaired) electrons. The Morgan fingerprint density at radius 3 is 1.67 bits per heavy atom. The first kappa shape index (κ1) is 22.5. The molecular weight excluding hydrogens is 276 g/mol. The highest BCUT2D eigenvalue weighted by Gasteiger charge is 2.26. The fraction of sp³-hybridized carbons (Fsp3) is 0.632. The monoisotopic (exact) mass is 310 g/mol. The van der Waals surface area contributed by atoms with Crippen LogP contribution in [0.4, 0.5) is 0 Å². The maximum atomic E-state index is 10.9. The van der Waals surface area contributed by atoms with Crippen molar-refractivity contribution >= 4 is 17.5 Å². The molecule has 0 aliphatic heterocycles. The molecule has 0 saturated carbocycles. The highest BCUT2D eigenvalue weighted by Crippen LogP contribution is 2.36. The van der Waals surface area contributed by atoms with Crippen molar-refractivity contribution in [3.8, 4) is 0 Å². The lowest BCUT2D eigenvalue weighted by Gasteiger charge is -2.34. The van der Waals surface area contributed by atoms with E-state index in [-0.39, 0.29) is 5.78 Å². The fourth-order valence-corrected chi connectivity index (χ4v) is 1.30. The summed E-state index contributed by atoms with van der Waals surface area (Å²) in [7, 11) is 0. The zero-order valence-electron chi connectivity index (χ0n) is 15.6. The minimum absolute atomic E-state index is 0.126. The predicted octanol–water partition coefficient (Wildman–Crippen LogP) is 6.72. The van der Waals surface area contributed by atoms with E-state index >= 15 is 0 Å². The van der Waals surface area contributed by atoms with Gasteiger partial charge in [0.25, 0.3) is 0 Å². The Bertz CT molecular complexity index is 396. The second kappa shape index (κ2) is 10.0. The van der Waals surface area contributed by atoms with Crippen molar-refractivity contribution in [3.05, 3.63) is 29.8 Å². The van der Waals surface area contributed by atoms with E-state index in [1.165, 1.54) is 0 Å². The van der Waals surface area contributed by atoms with Crippen LogP contribution in [0.5, 0.6) is 0 Å². The SMILES string of the molecule is CC.CC(C)(C)C(C)(C)C.CSc1cccc(C(C)=O)c1. The van der Waals surface area contributed by atoms with Crippen molar-refractivity contribution in [3.63, 3.8) is 0 Å². The third-order valence-corrected chi connectivity index (χ3v) is 4.45. The number of ketones is 1. The number of rotatable bonds is 2. The van der Waals surface area contributed by atoms with Crippen molar-refractivity contribution in [2.24, 2.45) is 10.8 Å². The summed E-state index contributed by atoms with van der Waals surface area (Å²) in [6, 6.07) is 7.65. The van der Waals surface area contributed by atoms with E-state index in [9.17, 15) is 4.79 Å². The molecule has 0 spiro atoms. The van der Waals surface area contributed by atoms with Crippen molar-refractivity contribution in [2.45, 2.75) is 67.2 Å². The van der Waals surface area contributed by atoms with Crippen LogP contribution in [-0.2, 0) is 0 Å². The summed E-state index contributed by atoms with van der Waals surface area (Å²) < 4.78 is 0. The summed E-state index contributed by atoms with van der Waals surface area (Å²) in [6.45, 7) is 19.2. The van der Waals surface area contributed by atoms with Crippen LogP contribution >= 0.6 is 11.8 Å². The average Bonchev–Trinajstić information content (AvgIpc) is 2.39. The second-order valence-corrected chi connectivity index (χ2v) is 7.67. The molecule has 0 aliphatic carbocycles. The predicted molar refractivity (Wildman–Crippen MR) is 98.5 cm³/mol. The molecule has 0 aliphatic rings. The minimum atomic E-state index is 0.126. The summed E-state index contributed by atoms with van der Waals surface area (Å²) >= 11 is 1.65. The molecule has 0 bridgehead atoms. The maximum Gasteiger partial charge on any atom is 0.159 e. The number of hydrogen-bond donors (Lipinski definition) is 0. The van der Waals surface area contributed by atoms with Gasteiger partial charge in [0.1, 0.15) is 0 Å². The molecule has 1 aromatic rings. The summed E-state index contributed by atoms with van der Waals surface area (Å²) in [5, 5.41) is 0. The molecule has 0 atom stereocenters. The molecule has 1 rings (SSSR count). The average molecular weight is 311 g/mol. The van der Waals surface area contributed by atoms with Gasteiger partial charge in [0.15, 0.2) is 5.78 Å². The number of Topliss-reactive ketones (excluding diaryl/α,β-unsaturated/α-hetero) is 1. The fourth-order valence-electron chi connectivity index (χ4n) is 0.842. The van der Waals surface area contributed by atoms with Crippen LogP contribution in [0, 0.1) is 10.8 Å². The van der Waals surface area contributed by atoms with Crippen molar-refractivity contribution in [1.29, 1.82) is 0 Å². The first-order chi connectivity index (χ1) is 9.49. The summed E-state index contributed by atoms with van der Waals surface area (Å²) in [6.07, 6.45) is 2.00. The molecule has 0 aromatic heterocycles. The van der Waals surface area contributed by atoms with E-state index in [0.29, 0.717) is 10.8 Å². The van der Waals surface area contributed by atoms with Crippen LogP contribution in [0.15, 0.2) is 29.2 Å². The van der Waals surface area contributed by atoms with Crippen LogP contribution in [0.3, 0.4) is 0 Å². The van der Waals surface area contributed by atoms with Crippen LogP contribution in [0.1, 0.15) is 72.7 Å². The van der Waals surface area contributed by atoms with Gasteiger partial charge in [-0.25, -0.2) is 0 Å². The zero-order valence-corrected chi connectivity index (χ0v) is 16.4. The molecule has 0 heterocycles. The van der Waals surface area contributed by atoms with Gasteiger partial charge < -0.3 is 0 Å². The van der Waals surface area contributed by atoms with E-state index in [2.05, 4.69) is 41.5 Å². The number of thioether (sulfide) groups is 1. The third kappa shape index (κ3) is 9.73. The van der Waals surface area contributed by atoms with Gasteiger partial charge >= 0.3 is 0 Å². The highest BCUT2D eigenvalue weighted by atomic mass is 32.2. The van der Waals surface area contributed by atoms with Crippen LogP contribution in [-0.4, -0.2) is 12.0 Å². The molecule has 0 unspecified atom stereocenters. The normalized spacial score (nSPS) is 10.8. The van der Waals surface area contributed by atoms with Gasteiger partial charge in [-0.15, -0.1) is 11.8 Å². The van der Waals surface area contributed by atoms with Crippen LogP contribution in [0.25, 0.3) is 0 Å². The molecule has 0 N–H and O–H groups in total. The second-order valence-electron chi connectivity index (χ2n) is 6.79. The molecule has 122 valence electrons. The van der Waals surface area contributed by atoms with E-state index in [1.54, 1.807) is 18.7 Å². The molecule has 0 amide bonds. The molecule has 1 aromatic carbocycles. The standard InChI is InChI=1S/C9H10OS.C8H18.C2H6/c1-7(10)8-4-3-5-9(6-8)11-2;1-7(2,3)8(4,5)6;1-2/h3-6H,1-2H3;1-6H3;1-2H3. The number of carbonyl (C=O) groups is 1. The van der Waals surface area contributed by atoms with E-state index in [4.69, 9.17) is 0 Å². The molecule has 1 nitrogen and oxygen atoms in total. The summed E-state index contributed by atoms with van der Waals surface area (Å²) in [5.74, 6) is 0.126. The Morgan fingerprint density at radius 2 is 1.38 bits per heavy atom. The van der Waals surface area contributed by atoms with Gasteiger partial charge in [-0.2, -0.15) is 0 Å². The number of hydrogen-bond acceptors (Lipinski definition) is 2. The molecule has 21 heavy (non-hydrogen) atoms. The van der Waals surface area contributed by atoms with Gasteiger partial charge in [-0.1, -0.05) is 67.5 Å². The van der Waals surface area contributed by atoms with Crippen LogP contribution in [0.2, 0.25) is 0 Å². The lowest BCUT2D eigenvalue weighted by molar-refractivity contribution is 0.101. The lowest BCUT2D eigenvalue weighted by atomic mass is 9.71. The summed E-state index contributed by atoms with van der Waals surface area (Å²) in [5.41, 5.74) is 1.66. The number of carbonyl (C=O) groups excluding carboxylic acids is 1. The minimum Gasteiger partial charge on any atom is -0.295 e. The highest BCUT2D eigenvalue weighted by molar-refractivity contribution is 7.98. The Kier molecular flexibility index (Phi) is 10.8. The van der Waals surface area contributed by atoms with Gasteiger partial charge in [-0.05, 0) is 36.1 Å². The lowest BCUT2D eigenvalue weighted by Crippen LogP contribution is -2.25. The molecule has 0 fully saturated rings. The van der Waals surface area contributed by atoms with Gasteiger partial charge in [0, 0.05) is 10.5 Å². The van der Waals surface area contributed by atoms with Crippen molar-refractivity contribution in [2.75, 3.05) is 6.26 Å². The topological polar surface area (TPSA) is 17.1 Å². The van der Waals surface area contributed by atoms with Crippen molar-refractivity contribution < 1.29 is 4.79 Å². The smallest absolute Gasteiger partial charge is 0.159 e. The van der Waals surface area contributed by atoms with Crippen molar-refractivity contribution in [1.82, 2.24) is 0 Å².